The summed E-state index contributed by atoms with van der Waals surface area (Å²) in [4.78, 5) is 0. The van der Waals surface area contributed by atoms with E-state index in [-0.39, 0.29) is 11.2 Å². The van der Waals surface area contributed by atoms with Crippen molar-refractivity contribution in [1.29, 1.82) is 0 Å². The molecule has 0 saturated carbocycles. The summed E-state index contributed by atoms with van der Waals surface area (Å²) in [6, 6.07) is 0. The van der Waals surface area contributed by atoms with Gasteiger partial charge in [0, 0.05) is 12.8 Å². The van der Waals surface area contributed by atoms with E-state index in [0.29, 0.717) is 6.10 Å². The first kappa shape index (κ1) is 7.56. The molecule has 2 aliphatic heterocycles. The molecule has 2 nitrogen and oxygen atoms in total. The molecule has 2 rings (SSSR count). The van der Waals surface area contributed by atoms with Gasteiger partial charge in [0.15, 0.2) is 5.79 Å². The Bertz CT molecular complexity index is 157. The fourth-order valence-corrected chi connectivity index (χ4v) is 1.60. The van der Waals surface area contributed by atoms with Gasteiger partial charge in [-0.3, -0.25) is 0 Å². The predicted molar refractivity (Wildman–Crippen MR) is 42.2 cm³/mol. The quantitative estimate of drug-likeness (QED) is 0.533. The van der Waals surface area contributed by atoms with Crippen LogP contribution in [0.25, 0.3) is 0 Å². The molecule has 1 spiro atoms. The summed E-state index contributed by atoms with van der Waals surface area (Å²) in [6.07, 6.45) is 2.60. The van der Waals surface area contributed by atoms with Crippen LogP contribution in [0, 0.1) is 5.41 Å². The van der Waals surface area contributed by atoms with Crippen LogP contribution in [-0.2, 0) is 9.47 Å². The molecule has 2 fully saturated rings. The number of hydrogen-bond donors (Lipinski definition) is 0. The molecule has 0 aromatic rings. The molecule has 64 valence electrons. The van der Waals surface area contributed by atoms with Crippen LogP contribution in [0.15, 0.2) is 0 Å². The van der Waals surface area contributed by atoms with Crippen LogP contribution in [0.1, 0.15) is 33.6 Å². The van der Waals surface area contributed by atoms with Crippen LogP contribution in [0.3, 0.4) is 0 Å². The summed E-state index contributed by atoms with van der Waals surface area (Å²) in [6.45, 7) is 7.52. The summed E-state index contributed by atoms with van der Waals surface area (Å²) in [5.41, 5.74) is 0.282. The van der Waals surface area contributed by atoms with E-state index < -0.39 is 0 Å². The van der Waals surface area contributed by atoms with Crippen LogP contribution in [0.5, 0.6) is 0 Å². The largest absolute Gasteiger partial charge is 0.350 e. The lowest BCUT2D eigenvalue weighted by Gasteiger charge is -2.56. The summed E-state index contributed by atoms with van der Waals surface area (Å²) < 4.78 is 11.1. The number of rotatable bonds is 0. The van der Waals surface area contributed by atoms with Crippen LogP contribution < -0.4 is 0 Å². The van der Waals surface area contributed by atoms with E-state index in [2.05, 4.69) is 20.8 Å². The van der Waals surface area contributed by atoms with Gasteiger partial charge in [0.25, 0.3) is 0 Å². The molecule has 0 N–H and O–H groups in total. The second-order valence-corrected chi connectivity index (χ2v) is 4.69. The molecule has 2 aliphatic rings. The Morgan fingerprint density at radius 2 is 1.91 bits per heavy atom. The fourth-order valence-electron chi connectivity index (χ4n) is 1.60. The Morgan fingerprint density at radius 3 is 2.18 bits per heavy atom. The summed E-state index contributed by atoms with van der Waals surface area (Å²) in [5, 5.41) is 0. The lowest BCUT2D eigenvalue weighted by Crippen LogP contribution is -2.62. The van der Waals surface area contributed by atoms with Gasteiger partial charge >= 0.3 is 0 Å². The summed E-state index contributed by atoms with van der Waals surface area (Å²) in [7, 11) is 0. The fraction of sp³-hybridized carbons (Fsp3) is 1.00. The minimum Gasteiger partial charge on any atom is -0.350 e. The Morgan fingerprint density at radius 1 is 1.36 bits per heavy atom. The Kier molecular flexibility index (Phi) is 1.37. The van der Waals surface area contributed by atoms with Crippen molar-refractivity contribution in [3.63, 3.8) is 0 Å². The third-order valence-corrected chi connectivity index (χ3v) is 2.67. The van der Waals surface area contributed by atoms with Gasteiger partial charge in [0.05, 0.1) is 12.7 Å². The molecule has 0 radical (unpaired) electrons. The normalized spacial score (nSPS) is 43.4. The zero-order valence-corrected chi connectivity index (χ0v) is 7.52. The molecule has 11 heavy (non-hydrogen) atoms. The number of ether oxygens (including phenoxy) is 2. The molecule has 2 unspecified atom stereocenters. The van der Waals surface area contributed by atoms with Crippen LogP contribution in [0.4, 0.5) is 0 Å². The SMILES string of the molecule is CC(C)(C)C1CC2(CCO2)O1. The lowest BCUT2D eigenvalue weighted by atomic mass is 9.79. The van der Waals surface area contributed by atoms with Crippen molar-refractivity contribution < 1.29 is 9.47 Å². The molecule has 0 aromatic carbocycles. The highest BCUT2D eigenvalue weighted by atomic mass is 16.7. The van der Waals surface area contributed by atoms with Gasteiger partial charge in [-0.05, 0) is 5.41 Å². The second-order valence-electron chi connectivity index (χ2n) is 4.69. The van der Waals surface area contributed by atoms with E-state index in [0.717, 1.165) is 19.4 Å². The standard InChI is InChI=1S/C9H16O2/c1-8(2,3)7-6-9(11-7)4-5-10-9/h7H,4-6H2,1-3H3. The Hall–Kier alpha value is -0.0800. The maximum atomic E-state index is 5.70. The lowest BCUT2D eigenvalue weighted by molar-refractivity contribution is -0.410. The molecule has 2 heteroatoms. The molecule has 2 heterocycles. The van der Waals surface area contributed by atoms with Crippen molar-refractivity contribution in [1.82, 2.24) is 0 Å². The van der Waals surface area contributed by atoms with Gasteiger partial charge in [-0.2, -0.15) is 0 Å². The minimum atomic E-state index is -0.127. The van der Waals surface area contributed by atoms with E-state index >= 15 is 0 Å². The summed E-state index contributed by atoms with van der Waals surface area (Å²) >= 11 is 0. The van der Waals surface area contributed by atoms with Gasteiger partial charge in [-0.15, -0.1) is 0 Å². The van der Waals surface area contributed by atoms with Crippen LogP contribution in [0.2, 0.25) is 0 Å². The maximum absolute atomic E-state index is 5.70. The third kappa shape index (κ3) is 1.09. The smallest absolute Gasteiger partial charge is 0.173 e. The highest BCUT2D eigenvalue weighted by Crippen LogP contribution is 2.48. The first-order chi connectivity index (χ1) is 5.02. The molecule has 2 saturated heterocycles. The summed E-state index contributed by atoms with van der Waals surface area (Å²) in [5.74, 6) is -0.127. The van der Waals surface area contributed by atoms with Crippen molar-refractivity contribution in [2.75, 3.05) is 6.61 Å². The number of hydrogen-bond acceptors (Lipinski definition) is 2. The first-order valence-electron chi connectivity index (χ1n) is 4.34. The minimum absolute atomic E-state index is 0.127. The van der Waals surface area contributed by atoms with Crippen molar-refractivity contribution in [2.24, 2.45) is 5.41 Å². The van der Waals surface area contributed by atoms with Gasteiger partial charge in [-0.25, -0.2) is 0 Å². The van der Waals surface area contributed by atoms with Crippen molar-refractivity contribution >= 4 is 0 Å². The zero-order chi connectivity index (χ0) is 8.11. The van der Waals surface area contributed by atoms with Gasteiger partial charge < -0.3 is 9.47 Å². The Labute approximate surface area is 67.9 Å². The molecule has 0 aliphatic carbocycles. The van der Waals surface area contributed by atoms with E-state index in [4.69, 9.17) is 9.47 Å². The van der Waals surface area contributed by atoms with Crippen LogP contribution >= 0.6 is 0 Å². The van der Waals surface area contributed by atoms with Gasteiger partial charge in [-0.1, -0.05) is 20.8 Å². The molecule has 0 aromatic heterocycles. The molecule has 2 atom stereocenters. The van der Waals surface area contributed by atoms with E-state index in [1.807, 2.05) is 0 Å². The monoisotopic (exact) mass is 156 g/mol. The third-order valence-electron chi connectivity index (χ3n) is 2.67. The van der Waals surface area contributed by atoms with E-state index in [9.17, 15) is 0 Å². The van der Waals surface area contributed by atoms with Crippen molar-refractivity contribution in [2.45, 2.75) is 45.5 Å². The highest BCUT2D eigenvalue weighted by Gasteiger charge is 2.54. The van der Waals surface area contributed by atoms with Crippen molar-refractivity contribution in [3.8, 4) is 0 Å². The van der Waals surface area contributed by atoms with Gasteiger partial charge in [0.1, 0.15) is 0 Å². The maximum Gasteiger partial charge on any atom is 0.173 e. The average molecular weight is 156 g/mol. The molecular formula is C9H16O2. The predicted octanol–water partition coefficient (Wildman–Crippen LogP) is 1.94. The average Bonchev–Trinajstić information content (AvgIpc) is 1.49. The highest BCUT2D eigenvalue weighted by molar-refractivity contribution is 4.95. The Balaban J connectivity index is 1.88. The zero-order valence-electron chi connectivity index (χ0n) is 7.52. The second kappa shape index (κ2) is 1.99. The topological polar surface area (TPSA) is 18.5 Å². The first-order valence-corrected chi connectivity index (χ1v) is 4.34. The van der Waals surface area contributed by atoms with Gasteiger partial charge in [0.2, 0.25) is 0 Å². The van der Waals surface area contributed by atoms with Crippen molar-refractivity contribution in [3.05, 3.63) is 0 Å². The molecule has 0 bridgehead atoms. The van der Waals surface area contributed by atoms with E-state index in [1.54, 1.807) is 0 Å². The van der Waals surface area contributed by atoms with Crippen LogP contribution in [-0.4, -0.2) is 18.5 Å². The van der Waals surface area contributed by atoms with E-state index in [1.165, 1.54) is 0 Å². The molecule has 0 amide bonds. The molecular weight excluding hydrogens is 140 g/mol.